The summed E-state index contributed by atoms with van der Waals surface area (Å²) < 4.78 is 7.20. The van der Waals surface area contributed by atoms with Gasteiger partial charge in [0.1, 0.15) is 17.0 Å². The van der Waals surface area contributed by atoms with Crippen LogP contribution in [0.1, 0.15) is 26.3 Å². The van der Waals surface area contributed by atoms with Crippen molar-refractivity contribution in [2.45, 2.75) is 32.7 Å². The van der Waals surface area contributed by atoms with Crippen LogP contribution in [0.3, 0.4) is 0 Å². The zero-order valence-corrected chi connectivity index (χ0v) is 16.0. The van der Waals surface area contributed by atoms with Crippen LogP contribution in [0.5, 0.6) is 5.75 Å². The Balaban J connectivity index is 1.85. The molecule has 0 aliphatic rings. The summed E-state index contributed by atoms with van der Waals surface area (Å²) in [5.41, 5.74) is 2.04. The number of rotatable bonds is 4. The normalized spacial score (nSPS) is 11.5. The van der Waals surface area contributed by atoms with Crippen LogP contribution in [-0.4, -0.2) is 22.6 Å². The molecule has 1 aromatic carbocycles. The third-order valence-electron chi connectivity index (χ3n) is 4.09. The molecule has 0 saturated carbocycles. The van der Waals surface area contributed by atoms with Gasteiger partial charge in [-0.05, 0) is 34.6 Å². The van der Waals surface area contributed by atoms with Crippen molar-refractivity contribution in [3.05, 3.63) is 51.9 Å². The molecule has 0 spiro atoms. The van der Waals surface area contributed by atoms with Gasteiger partial charge in [0.05, 0.1) is 24.6 Å². The third-order valence-corrected chi connectivity index (χ3v) is 4.98. The van der Waals surface area contributed by atoms with Gasteiger partial charge < -0.3 is 10.1 Å². The molecule has 3 aromatic rings. The molecule has 26 heavy (non-hydrogen) atoms. The Morgan fingerprint density at radius 1 is 1.31 bits per heavy atom. The fourth-order valence-corrected chi connectivity index (χ4v) is 3.40. The highest BCUT2D eigenvalue weighted by molar-refractivity contribution is 7.17. The lowest BCUT2D eigenvalue weighted by Crippen LogP contribution is -2.27. The molecule has 0 saturated heterocycles. The quantitative estimate of drug-likeness (QED) is 0.763. The molecule has 0 radical (unpaired) electrons. The number of hydrogen-bond donors (Lipinski definition) is 1. The Morgan fingerprint density at radius 2 is 2.08 bits per heavy atom. The van der Waals surface area contributed by atoms with Crippen molar-refractivity contribution in [1.82, 2.24) is 9.55 Å². The van der Waals surface area contributed by atoms with E-state index in [2.05, 4.69) is 31.1 Å². The average molecular weight is 371 g/mol. The number of thiophene rings is 1. The standard InChI is InChI=1S/C19H21N3O3S/c1-19(2,3)12-5-6-15(25-4)14(9-12)21-16(23)10-22-11-20-13-7-8-26-17(13)18(22)24/h5-9,11H,10H2,1-4H3,(H,21,23). The molecule has 136 valence electrons. The summed E-state index contributed by atoms with van der Waals surface area (Å²) in [5, 5.41) is 4.66. The van der Waals surface area contributed by atoms with Gasteiger partial charge in [-0.25, -0.2) is 4.98 Å². The number of carbonyl (C=O) groups excluding carboxylic acids is 1. The van der Waals surface area contributed by atoms with Crippen LogP contribution >= 0.6 is 11.3 Å². The number of amides is 1. The lowest BCUT2D eigenvalue weighted by molar-refractivity contribution is -0.116. The van der Waals surface area contributed by atoms with Crippen LogP contribution in [-0.2, 0) is 16.8 Å². The fourth-order valence-electron chi connectivity index (χ4n) is 2.61. The van der Waals surface area contributed by atoms with Crippen molar-refractivity contribution in [3.63, 3.8) is 0 Å². The Hall–Kier alpha value is -2.67. The number of ether oxygens (including phenoxy) is 1. The van der Waals surface area contributed by atoms with Crippen LogP contribution in [0, 0.1) is 0 Å². The molecule has 0 fully saturated rings. The molecule has 1 amide bonds. The number of nitrogens with one attached hydrogen (secondary N) is 1. The van der Waals surface area contributed by atoms with Crippen molar-refractivity contribution in [1.29, 1.82) is 0 Å². The maximum absolute atomic E-state index is 12.5. The molecule has 3 rings (SSSR count). The number of methoxy groups -OCH3 is 1. The van der Waals surface area contributed by atoms with E-state index in [1.54, 1.807) is 13.2 Å². The second-order valence-electron chi connectivity index (χ2n) is 7.03. The number of benzene rings is 1. The highest BCUT2D eigenvalue weighted by Gasteiger charge is 2.17. The summed E-state index contributed by atoms with van der Waals surface area (Å²) in [6.45, 7) is 6.19. The number of aromatic nitrogens is 2. The van der Waals surface area contributed by atoms with Gasteiger partial charge in [0.25, 0.3) is 5.56 Å². The maximum atomic E-state index is 12.5. The molecule has 6 nitrogen and oxygen atoms in total. The van der Waals surface area contributed by atoms with E-state index in [1.165, 1.54) is 22.2 Å². The van der Waals surface area contributed by atoms with Crippen LogP contribution in [0.4, 0.5) is 5.69 Å². The number of nitrogens with zero attached hydrogens (tertiary/aromatic N) is 2. The predicted octanol–water partition coefficient (Wildman–Crippen LogP) is 3.40. The first kappa shape index (κ1) is 18.1. The lowest BCUT2D eigenvalue weighted by atomic mass is 9.87. The van der Waals surface area contributed by atoms with Crippen LogP contribution < -0.4 is 15.6 Å². The van der Waals surface area contributed by atoms with E-state index in [4.69, 9.17) is 4.74 Å². The molecule has 0 unspecified atom stereocenters. The van der Waals surface area contributed by atoms with Gasteiger partial charge in [-0.3, -0.25) is 14.2 Å². The summed E-state index contributed by atoms with van der Waals surface area (Å²) in [5.74, 6) is 0.264. The van der Waals surface area contributed by atoms with Gasteiger partial charge in [0, 0.05) is 0 Å². The lowest BCUT2D eigenvalue weighted by Gasteiger charge is -2.21. The maximum Gasteiger partial charge on any atom is 0.271 e. The molecule has 0 aliphatic carbocycles. The van der Waals surface area contributed by atoms with Crippen LogP contribution in [0.25, 0.3) is 10.2 Å². The smallest absolute Gasteiger partial charge is 0.271 e. The summed E-state index contributed by atoms with van der Waals surface area (Å²) >= 11 is 1.32. The SMILES string of the molecule is COc1ccc(C(C)(C)C)cc1NC(=O)Cn1cnc2ccsc2c1=O. The fraction of sp³-hybridized carbons (Fsp3) is 0.316. The number of hydrogen-bond acceptors (Lipinski definition) is 5. The zero-order valence-electron chi connectivity index (χ0n) is 15.2. The molecule has 2 aromatic heterocycles. The second-order valence-corrected chi connectivity index (χ2v) is 7.94. The van der Waals surface area contributed by atoms with Crippen molar-refractivity contribution in [2.75, 3.05) is 12.4 Å². The van der Waals surface area contributed by atoms with Gasteiger partial charge in [-0.2, -0.15) is 0 Å². The highest BCUT2D eigenvalue weighted by Crippen LogP contribution is 2.31. The minimum Gasteiger partial charge on any atom is -0.495 e. The average Bonchev–Trinajstić information content (AvgIpc) is 3.06. The zero-order chi connectivity index (χ0) is 18.9. The summed E-state index contributed by atoms with van der Waals surface area (Å²) in [4.78, 5) is 29.1. The molecule has 7 heteroatoms. The van der Waals surface area contributed by atoms with E-state index in [9.17, 15) is 9.59 Å². The minimum absolute atomic E-state index is 0.0587. The topological polar surface area (TPSA) is 73.2 Å². The van der Waals surface area contributed by atoms with Gasteiger partial charge in [-0.15, -0.1) is 11.3 Å². The van der Waals surface area contributed by atoms with Crippen LogP contribution in [0.15, 0.2) is 40.8 Å². The summed E-state index contributed by atoms with van der Waals surface area (Å²) in [6.07, 6.45) is 1.40. The first-order valence-corrected chi connectivity index (χ1v) is 9.08. The van der Waals surface area contributed by atoms with Crippen molar-refractivity contribution in [3.8, 4) is 5.75 Å². The van der Waals surface area contributed by atoms with Crippen molar-refractivity contribution in [2.24, 2.45) is 0 Å². The van der Waals surface area contributed by atoms with Gasteiger partial charge in [-0.1, -0.05) is 26.8 Å². The largest absolute Gasteiger partial charge is 0.495 e. The first-order valence-electron chi connectivity index (χ1n) is 8.20. The molecule has 0 bridgehead atoms. The second kappa shape index (κ2) is 6.92. The Morgan fingerprint density at radius 3 is 2.77 bits per heavy atom. The number of fused-ring (bicyclic) bond motifs is 1. The van der Waals surface area contributed by atoms with E-state index in [0.29, 0.717) is 21.7 Å². The van der Waals surface area contributed by atoms with Crippen LogP contribution in [0.2, 0.25) is 0 Å². The van der Waals surface area contributed by atoms with E-state index in [-0.39, 0.29) is 23.4 Å². The highest BCUT2D eigenvalue weighted by atomic mass is 32.1. The summed E-state index contributed by atoms with van der Waals surface area (Å²) in [7, 11) is 1.56. The van der Waals surface area contributed by atoms with E-state index >= 15 is 0 Å². The molecular formula is C19H21N3O3S. The molecule has 1 N–H and O–H groups in total. The summed E-state index contributed by atoms with van der Waals surface area (Å²) in [6, 6.07) is 7.50. The van der Waals surface area contributed by atoms with Gasteiger partial charge in [0.15, 0.2) is 0 Å². The minimum atomic E-state index is -0.311. The Labute approximate surface area is 155 Å². The molecule has 2 heterocycles. The third kappa shape index (κ3) is 3.62. The number of anilines is 1. The van der Waals surface area contributed by atoms with Gasteiger partial charge in [0.2, 0.25) is 5.91 Å². The van der Waals surface area contributed by atoms with E-state index in [0.717, 1.165) is 5.56 Å². The Bertz CT molecular complexity index is 1010. The van der Waals surface area contributed by atoms with Crippen molar-refractivity contribution < 1.29 is 9.53 Å². The number of carbonyl (C=O) groups is 1. The predicted molar refractivity (Wildman–Crippen MR) is 104 cm³/mol. The van der Waals surface area contributed by atoms with E-state index < -0.39 is 0 Å². The molecule has 0 atom stereocenters. The molecular weight excluding hydrogens is 350 g/mol. The first-order chi connectivity index (χ1) is 12.3. The molecule has 0 aliphatic heterocycles. The monoisotopic (exact) mass is 371 g/mol. The van der Waals surface area contributed by atoms with Gasteiger partial charge >= 0.3 is 0 Å². The Kier molecular flexibility index (Phi) is 4.82. The van der Waals surface area contributed by atoms with Crippen molar-refractivity contribution >= 4 is 33.1 Å². The van der Waals surface area contributed by atoms with E-state index in [1.807, 2.05) is 23.6 Å².